The van der Waals surface area contributed by atoms with Gasteiger partial charge in [-0.25, -0.2) is 0 Å². The molecule has 2 saturated heterocycles. The SMILES string of the molecule is N#Cc1ccc(NC2CC3CCC2O3)cc1Br. The highest BCUT2D eigenvalue weighted by atomic mass is 79.9. The molecule has 0 amide bonds. The minimum atomic E-state index is 0.370. The molecule has 1 aromatic carbocycles. The molecule has 17 heavy (non-hydrogen) atoms. The molecule has 0 spiro atoms. The van der Waals surface area contributed by atoms with E-state index in [1.807, 2.05) is 18.2 Å². The Morgan fingerprint density at radius 1 is 1.41 bits per heavy atom. The summed E-state index contributed by atoms with van der Waals surface area (Å²) in [6, 6.07) is 8.32. The average molecular weight is 293 g/mol. The fourth-order valence-corrected chi connectivity index (χ4v) is 3.17. The van der Waals surface area contributed by atoms with E-state index in [1.54, 1.807) is 0 Å². The molecule has 3 atom stereocenters. The van der Waals surface area contributed by atoms with E-state index in [0.717, 1.165) is 16.6 Å². The molecule has 2 aliphatic rings. The van der Waals surface area contributed by atoms with E-state index in [0.29, 0.717) is 23.8 Å². The Balaban J connectivity index is 1.74. The highest BCUT2D eigenvalue weighted by molar-refractivity contribution is 9.10. The van der Waals surface area contributed by atoms with Crippen LogP contribution in [0.2, 0.25) is 0 Å². The number of nitriles is 1. The Bertz CT molecular complexity index is 483. The lowest BCUT2D eigenvalue weighted by Gasteiger charge is -2.21. The first-order valence-electron chi connectivity index (χ1n) is 5.88. The maximum atomic E-state index is 8.86. The number of ether oxygens (including phenoxy) is 1. The third-order valence-corrected chi connectivity index (χ3v) is 4.20. The molecular formula is C13H13BrN2O. The van der Waals surface area contributed by atoms with Crippen LogP contribution >= 0.6 is 15.9 Å². The molecule has 2 bridgehead atoms. The molecule has 2 aliphatic heterocycles. The van der Waals surface area contributed by atoms with Gasteiger partial charge in [0.15, 0.2) is 0 Å². The van der Waals surface area contributed by atoms with Crippen molar-refractivity contribution in [2.75, 3.05) is 5.32 Å². The van der Waals surface area contributed by atoms with Gasteiger partial charge in [-0.1, -0.05) is 0 Å². The summed E-state index contributed by atoms with van der Waals surface area (Å²) in [5, 5.41) is 12.4. The minimum absolute atomic E-state index is 0.370. The molecule has 3 rings (SSSR count). The summed E-state index contributed by atoms with van der Waals surface area (Å²) < 4.78 is 6.65. The summed E-state index contributed by atoms with van der Waals surface area (Å²) in [6.07, 6.45) is 4.30. The molecule has 0 radical (unpaired) electrons. The van der Waals surface area contributed by atoms with E-state index in [1.165, 1.54) is 12.8 Å². The first kappa shape index (κ1) is 11.1. The second-order valence-corrected chi connectivity index (χ2v) is 5.52. The van der Waals surface area contributed by atoms with Crippen LogP contribution in [0.1, 0.15) is 24.8 Å². The number of hydrogen-bond donors (Lipinski definition) is 1. The lowest BCUT2D eigenvalue weighted by atomic mass is 9.95. The molecule has 0 aromatic heterocycles. The number of hydrogen-bond acceptors (Lipinski definition) is 3. The fraction of sp³-hybridized carbons (Fsp3) is 0.462. The van der Waals surface area contributed by atoms with Crippen LogP contribution in [0.15, 0.2) is 22.7 Å². The van der Waals surface area contributed by atoms with Crippen molar-refractivity contribution < 1.29 is 4.74 Å². The molecule has 4 heteroatoms. The lowest BCUT2D eigenvalue weighted by molar-refractivity contribution is 0.102. The second-order valence-electron chi connectivity index (χ2n) is 4.67. The van der Waals surface area contributed by atoms with Crippen molar-refractivity contribution in [3.05, 3.63) is 28.2 Å². The normalized spacial score (nSPS) is 30.2. The van der Waals surface area contributed by atoms with Crippen molar-refractivity contribution in [1.29, 1.82) is 5.26 Å². The van der Waals surface area contributed by atoms with E-state index < -0.39 is 0 Å². The van der Waals surface area contributed by atoms with Crippen molar-refractivity contribution in [2.24, 2.45) is 0 Å². The Kier molecular flexibility index (Phi) is 2.81. The monoisotopic (exact) mass is 292 g/mol. The van der Waals surface area contributed by atoms with Crippen molar-refractivity contribution in [1.82, 2.24) is 0 Å². The number of anilines is 1. The standard InChI is InChI=1S/C13H13BrN2O/c14-11-5-9(2-1-8(11)7-15)16-12-6-10-3-4-13(12)17-10/h1-2,5,10,12-13,16H,3-4,6H2. The van der Waals surface area contributed by atoms with Crippen LogP contribution in [0.5, 0.6) is 0 Å². The Morgan fingerprint density at radius 2 is 2.29 bits per heavy atom. The zero-order chi connectivity index (χ0) is 11.8. The molecule has 2 heterocycles. The molecule has 1 N–H and O–H groups in total. The largest absolute Gasteiger partial charge is 0.380 e. The molecule has 88 valence electrons. The van der Waals surface area contributed by atoms with Crippen molar-refractivity contribution in [3.8, 4) is 6.07 Å². The van der Waals surface area contributed by atoms with Gasteiger partial charge in [-0.15, -0.1) is 0 Å². The van der Waals surface area contributed by atoms with Crippen LogP contribution < -0.4 is 5.32 Å². The van der Waals surface area contributed by atoms with Crippen LogP contribution in [0.25, 0.3) is 0 Å². The number of nitrogens with zero attached hydrogens (tertiary/aromatic N) is 1. The van der Waals surface area contributed by atoms with E-state index >= 15 is 0 Å². The molecule has 0 aliphatic carbocycles. The fourth-order valence-electron chi connectivity index (χ4n) is 2.70. The molecule has 3 unspecified atom stereocenters. The third-order valence-electron chi connectivity index (χ3n) is 3.55. The van der Waals surface area contributed by atoms with E-state index in [-0.39, 0.29) is 0 Å². The highest BCUT2D eigenvalue weighted by Gasteiger charge is 2.40. The zero-order valence-electron chi connectivity index (χ0n) is 9.32. The van der Waals surface area contributed by atoms with Gasteiger partial charge in [-0.3, -0.25) is 0 Å². The maximum Gasteiger partial charge on any atom is 0.100 e. The van der Waals surface area contributed by atoms with Crippen LogP contribution in [0, 0.1) is 11.3 Å². The summed E-state index contributed by atoms with van der Waals surface area (Å²) in [4.78, 5) is 0. The van der Waals surface area contributed by atoms with Gasteiger partial charge in [0.25, 0.3) is 0 Å². The molecule has 1 aromatic rings. The first-order valence-corrected chi connectivity index (χ1v) is 6.67. The van der Waals surface area contributed by atoms with Gasteiger partial charge >= 0.3 is 0 Å². The van der Waals surface area contributed by atoms with Gasteiger partial charge in [0.05, 0.1) is 23.8 Å². The highest BCUT2D eigenvalue weighted by Crippen LogP contribution is 2.36. The average Bonchev–Trinajstić information content (AvgIpc) is 2.91. The van der Waals surface area contributed by atoms with Crippen LogP contribution in [-0.2, 0) is 4.74 Å². The Hall–Kier alpha value is -1.05. The minimum Gasteiger partial charge on any atom is -0.380 e. The van der Waals surface area contributed by atoms with Crippen LogP contribution in [0.4, 0.5) is 5.69 Å². The zero-order valence-corrected chi connectivity index (χ0v) is 10.9. The molecular weight excluding hydrogens is 280 g/mol. The summed E-state index contributed by atoms with van der Waals surface area (Å²) in [6.45, 7) is 0. The summed E-state index contributed by atoms with van der Waals surface area (Å²) in [5.41, 5.74) is 1.72. The van der Waals surface area contributed by atoms with Gasteiger partial charge in [-0.2, -0.15) is 5.26 Å². The topological polar surface area (TPSA) is 45.0 Å². The summed E-state index contributed by atoms with van der Waals surface area (Å²) in [5.74, 6) is 0. The van der Waals surface area contributed by atoms with Gasteiger partial charge in [0.2, 0.25) is 0 Å². The lowest BCUT2D eigenvalue weighted by Crippen LogP contribution is -2.30. The van der Waals surface area contributed by atoms with Gasteiger partial charge < -0.3 is 10.1 Å². The van der Waals surface area contributed by atoms with E-state index in [4.69, 9.17) is 10.00 Å². The Morgan fingerprint density at radius 3 is 2.88 bits per heavy atom. The van der Waals surface area contributed by atoms with Gasteiger partial charge in [0, 0.05) is 10.2 Å². The number of benzene rings is 1. The van der Waals surface area contributed by atoms with Crippen molar-refractivity contribution in [2.45, 2.75) is 37.5 Å². The maximum absolute atomic E-state index is 8.86. The predicted octanol–water partition coefficient (Wildman–Crippen LogP) is 3.05. The quantitative estimate of drug-likeness (QED) is 0.911. The van der Waals surface area contributed by atoms with Crippen LogP contribution in [-0.4, -0.2) is 18.2 Å². The van der Waals surface area contributed by atoms with E-state index in [9.17, 15) is 0 Å². The number of fused-ring (bicyclic) bond motifs is 2. The molecule has 3 nitrogen and oxygen atoms in total. The smallest absolute Gasteiger partial charge is 0.100 e. The van der Waals surface area contributed by atoms with Crippen molar-refractivity contribution >= 4 is 21.6 Å². The summed E-state index contributed by atoms with van der Waals surface area (Å²) in [7, 11) is 0. The van der Waals surface area contributed by atoms with Gasteiger partial charge in [0.1, 0.15) is 6.07 Å². The predicted molar refractivity (Wildman–Crippen MR) is 68.8 cm³/mol. The second kappa shape index (κ2) is 4.32. The summed E-state index contributed by atoms with van der Waals surface area (Å²) >= 11 is 3.40. The third kappa shape index (κ3) is 2.05. The molecule has 2 fully saturated rings. The molecule has 0 saturated carbocycles. The first-order chi connectivity index (χ1) is 8.26. The number of halogens is 1. The number of rotatable bonds is 2. The van der Waals surface area contributed by atoms with E-state index in [2.05, 4.69) is 27.3 Å². The van der Waals surface area contributed by atoms with Gasteiger partial charge in [-0.05, 0) is 53.4 Å². The van der Waals surface area contributed by atoms with Crippen LogP contribution in [0.3, 0.4) is 0 Å². The Labute approximate surface area is 109 Å². The van der Waals surface area contributed by atoms with Crippen molar-refractivity contribution in [3.63, 3.8) is 0 Å². The number of nitrogens with one attached hydrogen (secondary N) is 1.